The van der Waals surface area contributed by atoms with E-state index in [2.05, 4.69) is 14.1 Å². The van der Waals surface area contributed by atoms with Crippen molar-refractivity contribution < 1.29 is 17.6 Å². The number of carbonyl (C=O) groups excluding carboxylic acids is 1. The number of nitrogens with zero attached hydrogens (tertiary/aromatic N) is 3. The lowest BCUT2D eigenvalue weighted by atomic mass is 9.98. The molecule has 1 atom stereocenters. The molecule has 3 aromatic rings. The summed E-state index contributed by atoms with van der Waals surface area (Å²) in [7, 11) is -3.82. The first kappa shape index (κ1) is 18.9. The number of rotatable bonds is 4. The Balaban J connectivity index is 1.55. The molecule has 0 aliphatic carbocycles. The predicted molar refractivity (Wildman–Crippen MR) is 104 cm³/mol. The minimum absolute atomic E-state index is 0.0383. The van der Waals surface area contributed by atoms with Gasteiger partial charge in [-0.2, -0.15) is 13.1 Å². The first-order chi connectivity index (χ1) is 13.5. The van der Waals surface area contributed by atoms with Crippen LogP contribution in [0.3, 0.4) is 0 Å². The fraction of sp³-hybridized carbons (Fsp3) is 0.278. The first-order valence-electron chi connectivity index (χ1n) is 8.73. The van der Waals surface area contributed by atoms with Crippen LogP contribution >= 0.6 is 11.7 Å². The molecule has 1 unspecified atom stereocenters. The van der Waals surface area contributed by atoms with Crippen LogP contribution in [0.2, 0.25) is 0 Å². The van der Waals surface area contributed by atoms with Gasteiger partial charge in [-0.15, -0.1) is 0 Å². The fourth-order valence-electron chi connectivity index (χ4n) is 3.30. The van der Waals surface area contributed by atoms with E-state index in [1.807, 2.05) is 0 Å². The van der Waals surface area contributed by atoms with Crippen molar-refractivity contribution in [1.29, 1.82) is 0 Å². The number of hydrogen-bond donors (Lipinski definition) is 1. The second kappa shape index (κ2) is 7.53. The molecular formula is C18H17FN4O3S2. The number of fused-ring (bicyclic) bond motifs is 1. The van der Waals surface area contributed by atoms with Crippen LogP contribution in [0.4, 0.5) is 10.1 Å². The molecule has 2 heterocycles. The van der Waals surface area contributed by atoms with Crippen LogP contribution < -0.4 is 5.32 Å². The van der Waals surface area contributed by atoms with Crippen LogP contribution in [0, 0.1) is 11.7 Å². The molecule has 2 aromatic carbocycles. The van der Waals surface area contributed by atoms with Gasteiger partial charge in [0.05, 0.1) is 23.3 Å². The van der Waals surface area contributed by atoms with Crippen LogP contribution in [0.15, 0.2) is 47.4 Å². The summed E-state index contributed by atoms with van der Waals surface area (Å²) in [6, 6.07) is 10.7. The standard InChI is InChI=1S/C18H17FN4O3S2/c19-13-6-1-2-7-14(13)20-18(24)12-5-4-10-23(11-12)28(25,26)16-9-3-8-15-17(16)22-27-21-15/h1-3,6-9,12H,4-5,10-11H2,(H,20,24). The van der Waals surface area contributed by atoms with Gasteiger partial charge in [-0.25, -0.2) is 12.8 Å². The Morgan fingerprint density at radius 1 is 1.18 bits per heavy atom. The average Bonchev–Trinajstić information content (AvgIpc) is 3.18. The lowest BCUT2D eigenvalue weighted by Crippen LogP contribution is -2.43. The van der Waals surface area contributed by atoms with Gasteiger partial charge in [0, 0.05) is 13.1 Å². The Morgan fingerprint density at radius 2 is 2.00 bits per heavy atom. The van der Waals surface area contributed by atoms with Crippen LogP contribution in [0.5, 0.6) is 0 Å². The number of hydrogen-bond acceptors (Lipinski definition) is 6. The minimum atomic E-state index is -3.82. The van der Waals surface area contributed by atoms with E-state index in [9.17, 15) is 17.6 Å². The molecule has 1 amide bonds. The lowest BCUT2D eigenvalue weighted by molar-refractivity contribution is -0.120. The largest absolute Gasteiger partial charge is 0.323 e. The summed E-state index contributed by atoms with van der Waals surface area (Å²) in [5.74, 6) is -1.48. The Labute approximate surface area is 165 Å². The molecule has 10 heteroatoms. The maximum atomic E-state index is 13.8. The number of halogens is 1. The summed E-state index contributed by atoms with van der Waals surface area (Å²) < 4.78 is 49.6. The molecule has 0 spiro atoms. The smallest absolute Gasteiger partial charge is 0.245 e. The quantitative estimate of drug-likeness (QED) is 0.701. The molecule has 4 rings (SSSR count). The van der Waals surface area contributed by atoms with Gasteiger partial charge in [0.2, 0.25) is 15.9 Å². The third-order valence-corrected chi connectivity index (χ3v) is 7.19. The second-order valence-corrected chi connectivity index (χ2v) is 8.99. The number of piperidine rings is 1. The van der Waals surface area contributed by atoms with Gasteiger partial charge in [0.25, 0.3) is 0 Å². The highest BCUT2D eigenvalue weighted by Gasteiger charge is 2.34. The molecule has 146 valence electrons. The molecule has 28 heavy (non-hydrogen) atoms. The zero-order valence-electron chi connectivity index (χ0n) is 14.7. The maximum Gasteiger partial charge on any atom is 0.245 e. The number of para-hydroxylation sites is 1. The highest BCUT2D eigenvalue weighted by molar-refractivity contribution is 7.89. The monoisotopic (exact) mass is 420 g/mol. The van der Waals surface area contributed by atoms with Crippen LogP contribution in [0.1, 0.15) is 12.8 Å². The molecule has 0 saturated carbocycles. The highest BCUT2D eigenvalue weighted by atomic mass is 32.2. The topological polar surface area (TPSA) is 92.3 Å². The van der Waals surface area contributed by atoms with E-state index in [1.54, 1.807) is 18.2 Å². The molecule has 1 aliphatic heterocycles. The zero-order valence-corrected chi connectivity index (χ0v) is 16.3. The minimum Gasteiger partial charge on any atom is -0.323 e. The van der Waals surface area contributed by atoms with Crippen molar-refractivity contribution in [2.45, 2.75) is 17.7 Å². The third kappa shape index (κ3) is 3.50. The summed E-state index contributed by atoms with van der Waals surface area (Å²) in [5.41, 5.74) is 0.952. The average molecular weight is 420 g/mol. The summed E-state index contributed by atoms with van der Waals surface area (Å²) in [6.45, 7) is 0.357. The normalized spacial score (nSPS) is 18.2. The van der Waals surface area contributed by atoms with E-state index in [4.69, 9.17) is 0 Å². The van der Waals surface area contributed by atoms with Gasteiger partial charge in [0.15, 0.2) is 0 Å². The van der Waals surface area contributed by atoms with Gasteiger partial charge >= 0.3 is 0 Å². The van der Waals surface area contributed by atoms with Crippen molar-refractivity contribution in [3.8, 4) is 0 Å². The molecule has 7 nitrogen and oxygen atoms in total. The van der Waals surface area contributed by atoms with Gasteiger partial charge in [-0.05, 0) is 37.1 Å². The number of amides is 1. The molecule has 1 saturated heterocycles. The molecule has 0 bridgehead atoms. The van der Waals surface area contributed by atoms with Gasteiger partial charge in [0.1, 0.15) is 21.7 Å². The Morgan fingerprint density at radius 3 is 2.82 bits per heavy atom. The van der Waals surface area contributed by atoms with E-state index in [1.165, 1.54) is 28.6 Å². The van der Waals surface area contributed by atoms with Crippen molar-refractivity contribution in [3.63, 3.8) is 0 Å². The molecule has 1 aliphatic rings. The SMILES string of the molecule is O=C(Nc1ccccc1F)C1CCCN(S(=O)(=O)c2cccc3nsnc23)C1. The highest BCUT2D eigenvalue weighted by Crippen LogP contribution is 2.28. The molecule has 1 aromatic heterocycles. The van der Waals surface area contributed by atoms with Crippen molar-refractivity contribution in [2.75, 3.05) is 18.4 Å². The van der Waals surface area contributed by atoms with Gasteiger partial charge in [-0.3, -0.25) is 4.79 Å². The van der Waals surface area contributed by atoms with E-state index in [0.717, 1.165) is 11.7 Å². The fourth-order valence-corrected chi connectivity index (χ4v) is 5.58. The Hall–Kier alpha value is -2.43. The number of aromatic nitrogens is 2. The maximum absolute atomic E-state index is 13.8. The molecular weight excluding hydrogens is 403 g/mol. The molecule has 0 radical (unpaired) electrons. The number of sulfonamides is 1. The van der Waals surface area contributed by atoms with E-state index in [0.29, 0.717) is 30.4 Å². The Kier molecular flexibility index (Phi) is 5.09. The molecule has 1 N–H and O–H groups in total. The van der Waals surface area contributed by atoms with E-state index in [-0.39, 0.29) is 17.1 Å². The Bertz CT molecular complexity index is 1130. The van der Waals surface area contributed by atoms with Crippen LogP contribution in [0.25, 0.3) is 11.0 Å². The summed E-state index contributed by atoms with van der Waals surface area (Å²) in [5, 5.41) is 2.56. The third-order valence-electron chi connectivity index (χ3n) is 4.75. The number of anilines is 1. The zero-order chi connectivity index (χ0) is 19.7. The van der Waals surface area contributed by atoms with E-state index < -0.39 is 27.7 Å². The predicted octanol–water partition coefficient (Wildman–Crippen LogP) is 2.87. The van der Waals surface area contributed by atoms with Crippen molar-refractivity contribution in [1.82, 2.24) is 13.1 Å². The summed E-state index contributed by atoms with van der Waals surface area (Å²) in [4.78, 5) is 12.7. The van der Waals surface area contributed by atoms with Gasteiger partial charge in [-0.1, -0.05) is 18.2 Å². The summed E-state index contributed by atoms with van der Waals surface area (Å²) in [6.07, 6.45) is 1.08. The van der Waals surface area contributed by atoms with Gasteiger partial charge < -0.3 is 5.32 Å². The van der Waals surface area contributed by atoms with Crippen LogP contribution in [-0.2, 0) is 14.8 Å². The second-order valence-electron chi connectivity index (χ2n) is 6.56. The van der Waals surface area contributed by atoms with Crippen molar-refractivity contribution in [2.24, 2.45) is 5.92 Å². The molecule has 1 fully saturated rings. The lowest BCUT2D eigenvalue weighted by Gasteiger charge is -2.31. The first-order valence-corrected chi connectivity index (χ1v) is 10.9. The van der Waals surface area contributed by atoms with Crippen LogP contribution in [-0.4, -0.2) is 40.5 Å². The van der Waals surface area contributed by atoms with Crippen molar-refractivity contribution in [3.05, 3.63) is 48.3 Å². The number of benzene rings is 2. The number of nitrogens with one attached hydrogen (secondary N) is 1. The number of carbonyl (C=O) groups is 1. The summed E-state index contributed by atoms with van der Waals surface area (Å²) >= 11 is 0.955. The van der Waals surface area contributed by atoms with E-state index >= 15 is 0 Å². The van der Waals surface area contributed by atoms with Crippen molar-refractivity contribution >= 4 is 44.4 Å².